The third-order valence-electron chi connectivity index (χ3n) is 8.45. The van der Waals surface area contributed by atoms with E-state index in [2.05, 4.69) is 30.4 Å². The molecule has 192 valence electrons. The molecule has 0 bridgehead atoms. The van der Waals surface area contributed by atoms with Crippen LogP contribution >= 0.6 is 11.3 Å². The number of carbonyl (C=O) groups is 3. The zero-order chi connectivity index (χ0) is 25.6. The summed E-state index contributed by atoms with van der Waals surface area (Å²) in [7, 11) is 1.71. The van der Waals surface area contributed by atoms with Crippen molar-refractivity contribution in [1.29, 1.82) is 0 Å². The van der Waals surface area contributed by atoms with E-state index in [1.54, 1.807) is 21.0 Å². The molecule has 8 heteroatoms. The highest BCUT2D eigenvalue weighted by molar-refractivity contribution is 7.17. The molecule has 0 spiro atoms. The van der Waals surface area contributed by atoms with Crippen LogP contribution in [0.2, 0.25) is 0 Å². The monoisotopic (exact) mass is 511 g/mol. The van der Waals surface area contributed by atoms with E-state index in [0.29, 0.717) is 28.3 Å². The Hall–Kier alpha value is -2.87. The number of ether oxygens (including phenoxy) is 3. The van der Waals surface area contributed by atoms with Crippen LogP contribution in [0.1, 0.15) is 77.9 Å². The van der Waals surface area contributed by atoms with Gasteiger partial charge in [0.1, 0.15) is 10.8 Å². The number of benzene rings is 1. The molecule has 0 saturated heterocycles. The van der Waals surface area contributed by atoms with Gasteiger partial charge in [0.2, 0.25) is 0 Å². The van der Waals surface area contributed by atoms with Crippen molar-refractivity contribution in [3.63, 3.8) is 0 Å². The van der Waals surface area contributed by atoms with Gasteiger partial charge in [0.05, 0.1) is 25.9 Å². The SMILES string of the molecule is CCOC(=O)C(=O)Nc1sc2c(c1C(=O)OCC)[C@@]1(C)CC[C@H]3c4ccc(OC)cc4CC[C@@H]3[C@@H]1C2. The van der Waals surface area contributed by atoms with Crippen LogP contribution in [0.4, 0.5) is 5.00 Å². The first-order valence-electron chi connectivity index (χ1n) is 12.8. The second-order valence-electron chi connectivity index (χ2n) is 10.1. The van der Waals surface area contributed by atoms with E-state index >= 15 is 0 Å². The molecule has 1 amide bonds. The maximum absolute atomic E-state index is 13.2. The summed E-state index contributed by atoms with van der Waals surface area (Å²) in [4.78, 5) is 38.7. The van der Waals surface area contributed by atoms with Gasteiger partial charge in [0.15, 0.2) is 0 Å². The molecule has 1 aromatic carbocycles. The zero-order valence-corrected chi connectivity index (χ0v) is 22.1. The highest BCUT2D eigenvalue weighted by Crippen LogP contribution is 2.63. The summed E-state index contributed by atoms with van der Waals surface area (Å²) in [6.45, 7) is 6.03. The molecule has 1 heterocycles. The topological polar surface area (TPSA) is 90.9 Å². The highest BCUT2D eigenvalue weighted by atomic mass is 32.1. The third-order valence-corrected chi connectivity index (χ3v) is 9.58. The maximum atomic E-state index is 13.2. The molecule has 36 heavy (non-hydrogen) atoms. The molecule has 1 aromatic heterocycles. The number of anilines is 1. The Morgan fingerprint density at radius 3 is 2.64 bits per heavy atom. The van der Waals surface area contributed by atoms with Crippen LogP contribution in [0.3, 0.4) is 0 Å². The van der Waals surface area contributed by atoms with E-state index in [1.807, 2.05) is 0 Å². The molecule has 1 saturated carbocycles. The number of aryl methyl sites for hydroxylation is 1. The Morgan fingerprint density at radius 2 is 1.92 bits per heavy atom. The first-order chi connectivity index (χ1) is 17.3. The summed E-state index contributed by atoms with van der Waals surface area (Å²) in [6, 6.07) is 6.49. The number of carbonyl (C=O) groups excluding carboxylic acids is 3. The smallest absolute Gasteiger partial charge is 0.397 e. The van der Waals surface area contributed by atoms with Crippen LogP contribution < -0.4 is 10.1 Å². The molecular weight excluding hydrogens is 478 g/mol. The quantitative estimate of drug-likeness (QED) is 0.449. The Labute approximate surface area is 215 Å². The van der Waals surface area contributed by atoms with Crippen molar-refractivity contribution >= 4 is 34.2 Å². The van der Waals surface area contributed by atoms with Crippen molar-refractivity contribution < 1.29 is 28.6 Å². The Balaban J connectivity index is 1.49. The fourth-order valence-electron chi connectivity index (χ4n) is 6.96. The molecule has 1 fully saturated rings. The molecular formula is C28H33NO6S. The predicted molar refractivity (Wildman–Crippen MR) is 137 cm³/mol. The van der Waals surface area contributed by atoms with Crippen molar-refractivity contribution in [3.05, 3.63) is 45.3 Å². The molecule has 0 unspecified atom stereocenters. The van der Waals surface area contributed by atoms with E-state index in [-0.39, 0.29) is 18.6 Å². The standard InChI is InChI=1S/C28H33NO6S/c1-5-34-26(31)22-23-21(36-25(22)29-24(30)27(32)35-6-2)14-20-19-9-7-15-13-16(33-4)8-10-17(15)18(19)11-12-28(20,23)3/h8,10,13,18-20H,5-7,9,11-12,14H2,1-4H3,(H,29,30)/t18-,19-,20-,28-/m0/s1. The number of hydrogen-bond acceptors (Lipinski definition) is 7. The van der Waals surface area contributed by atoms with Crippen LogP contribution in [-0.2, 0) is 37.3 Å². The predicted octanol–water partition coefficient (Wildman–Crippen LogP) is 5.01. The molecule has 2 aromatic rings. The normalized spacial score (nSPS) is 25.6. The van der Waals surface area contributed by atoms with Gasteiger partial charge < -0.3 is 19.5 Å². The molecule has 5 rings (SSSR count). The van der Waals surface area contributed by atoms with E-state index in [1.165, 1.54) is 22.5 Å². The van der Waals surface area contributed by atoms with Gasteiger partial charge in [-0.25, -0.2) is 9.59 Å². The van der Waals surface area contributed by atoms with E-state index in [0.717, 1.165) is 48.3 Å². The van der Waals surface area contributed by atoms with Crippen molar-refractivity contribution in [2.24, 2.45) is 11.8 Å². The summed E-state index contributed by atoms with van der Waals surface area (Å²) >= 11 is 1.40. The molecule has 0 aliphatic heterocycles. The first kappa shape index (κ1) is 24.8. The van der Waals surface area contributed by atoms with Gasteiger partial charge in [-0.3, -0.25) is 4.79 Å². The average molecular weight is 512 g/mol. The molecule has 1 N–H and O–H groups in total. The number of nitrogens with one attached hydrogen (secondary N) is 1. The minimum atomic E-state index is -0.956. The lowest BCUT2D eigenvalue weighted by Crippen LogP contribution is -2.43. The minimum absolute atomic E-state index is 0.107. The van der Waals surface area contributed by atoms with Gasteiger partial charge in [0.25, 0.3) is 0 Å². The Kier molecular flexibility index (Phi) is 6.57. The molecule has 4 atom stereocenters. The number of amides is 1. The van der Waals surface area contributed by atoms with Crippen molar-refractivity contribution in [1.82, 2.24) is 0 Å². The van der Waals surface area contributed by atoms with Gasteiger partial charge in [-0.1, -0.05) is 13.0 Å². The fraction of sp³-hybridized carbons (Fsp3) is 0.536. The lowest BCUT2D eigenvalue weighted by molar-refractivity contribution is -0.152. The molecule has 0 radical (unpaired) electrons. The summed E-state index contributed by atoms with van der Waals surface area (Å²) < 4.78 is 15.7. The van der Waals surface area contributed by atoms with E-state index < -0.39 is 17.8 Å². The lowest BCUT2D eigenvalue weighted by Gasteiger charge is -2.49. The molecule has 3 aliphatic rings. The molecule has 7 nitrogen and oxygen atoms in total. The second-order valence-corrected chi connectivity index (χ2v) is 11.2. The van der Waals surface area contributed by atoms with Gasteiger partial charge in [-0.15, -0.1) is 11.3 Å². The number of thiophene rings is 1. The van der Waals surface area contributed by atoms with Crippen molar-refractivity contribution in [3.8, 4) is 5.75 Å². The van der Waals surface area contributed by atoms with Crippen LogP contribution in [0.25, 0.3) is 0 Å². The van der Waals surface area contributed by atoms with E-state index in [4.69, 9.17) is 14.2 Å². The summed E-state index contributed by atoms with van der Waals surface area (Å²) in [5, 5.41) is 3.04. The fourth-order valence-corrected chi connectivity index (χ4v) is 8.33. The van der Waals surface area contributed by atoms with Crippen LogP contribution in [0, 0.1) is 11.8 Å². The average Bonchev–Trinajstić information content (AvgIpc) is 3.37. The van der Waals surface area contributed by atoms with Crippen molar-refractivity contribution in [2.45, 2.75) is 64.2 Å². The third kappa shape index (κ3) is 3.90. The van der Waals surface area contributed by atoms with Crippen LogP contribution in [0.15, 0.2) is 18.2 Å². The van der Waals surface area contributed by atoms with Crippen LogP contribution in [0.5, 0.6) is 5.75 Å². The van der Waals surface area contributed by atoms with Gasteiger partial charge in [0, 0.05) is 4.88 Å². The summed E-state index contributed by atoms with van der Waals surface area (Å²) in [6.07, 6.45) is 5.00. The second kappa shape index (κ2) is 9.54. The van der Waals surface area contributed by atoms with E-state index in [9.17, 15) is 14.4 Å². The number of methoxy groups -OCH3 is 1. The molecule has 3 aliphatic carbocycles. The Bertz CT molecular complexity index is 1220. The number of fused-ring (bicyclic) bond motifs is 7. The number of hydrogen-bond donors (Lipinski definition) is 1. The summed E-state index contributed by atoms with van der Waals surface area (Å²) in [5.74, 6) is 0.0787. The first-order valence-corrected chi connectivity index (χ1v) is 13.6. The van der Waals surface area contributed by atoms with Crippen molar-refractivity contribution in [2.75, 3.05) is 25.6 Å². The zero-order valence-electron chi connectivity index (χ0n) is 21.3. The van der Waals surface area contributed by atoms with Gasteiger partial charge >= 0.3 is 17.8 Å². The number of rotatable bonds is 5. The maximum Gasteiger partial charge on any atom is 0.397 e. The number of esters is 2. The largest absolute Gasteiger partial charge is 0.497 e. The van der Waals surface area contributed by atoms with Gasteiger partial charge in [-0.2, -0.15) is 0 Å². The highest BCUT2D eigenvalue weighted by Gasteiger charge is 2.55. The lowest BCUT2D eigenvalue weighted by atomic mass is 9.54. The summed E-state index contributed by atoms with van der Waals surface area (Å²) in [5.41, 5.74) is 4.07. The minimum Gasteiger partial charge on any atom is -0.497 e. The Morgan fingerprint density at radius 1 is 1.14 bits per heavy atom. The van der Waals surface area contributed by atoms with Crippen LogP contribution in [-0.4, -0.2) is 38.2 Å². The van der Waals surface area contributed by atoms with Gasteiger partial charge in [-0.05, 0) is 97.9 Å².